The molecule has 2 N–H and O–H groups in total. The Morgan fingerprint density at radius 3 is 2.81 bits per heavy atom. The topological polar surface area (TPSA) is 116 Å². The number of furan rings is 1. The maximum Gasteiger partial charge on any atom is 0.295 e. The number of nitrogens with zero attached hydrogens (tertiary/aromatic N) is 2. The molecule has 8 nitrogen and oxygen atoms in total. The van der Waals surface area contributed by atoms with Crippen molar-refractivity contribution in [2.75, 3.05) is 4.90 Å². The fourth-order valence-corrected chi connectivity index (χ4v) is 3.36. The van der Waals surface area contributed by atoms with Crippen LogP contribution in [0.2, 0.25) is 0 Å². The molecule has 2 atom stereocenters. The van der Waals surface area contributed by atoms with E-state index < -0.39 is 29.4 Å². The van der Waals surface area contributed by atoms with Crippen molar-refractivity contribution in [3.63, 3.8) is 0 Å². The van der Waals surface area contributed by atoms with Crippen LogP contribution in [0.3, 0.4) is 0 Å². The molecule has 1 saturated heterocycles. The lowest BCUT2D eigenvalue weighted by atomic mass is 9.93. The highest BCUT2D eigenvalue weighted by Crippen LogP contribution is 2.41. The van der Waals surface area contributed by atoms with Crippen molar-refractivity contribution >= 4 is 34.2 Å². The smallest absolute Gasteiger partial charge is 0.295 e. The van der Waals surface area contributed by atoms with Crippen LogP contribution in [0.15, 0.2) is 41.1 Å². The normalized spacial score (nSPS) is 20.3. The summed E-state index contributed by atoms with van der Waals surface area (Å²) >= 11 is 0. The van der Waals surface area contributed by atoms with Crippen LogP contribution in [0.1, 0.15) is 24.5 Å². The molecular weight excluding hydrogens is 338 g/mol. The van der Waals surface area contributed by atoms with Gasteiger partial charge in [0.1, 0.15) is 35.9 Å². The molecule has 1 aliphatic rings. The Kier molecular flexibility index (Phi) is 3.69. The number of ketones is 2. The van der Waals surface area contributed by atoms with Gasteiger partial charge >= 0.3 is 0 Å². The van der Waals surface area contributed by atoms with Crippen molar-refractivity contribution in [2.45, 2.75) is 19.6 Å². The predicted octanol–water partition coefficient (Wildman–Crippen LogP) is 1.51. The molecule has 0 radical (unpaired) electrons. The summed E-state index contributed by atoms with van der Waals surface area (Å²) in [6, 6.07) is 7.31. The van der Waals surface area contributed by atoms with Gasteiger partial charge < -0.3 is 14.5 Å². The van der Waals surface area contributed by atoms with Gasteiger partial charge in [-0.05, 0) is 37.3 Å². The molecule has 0 spiro atoms. The number of amides is 1. The van der Waals surface area contributed by atoms with E-state index >= 15 is 0 Å². The minimum Gasteiger partial charge on any atom is -0.461 e. The van der Waals surface area contributed by atoms with E-state index in [0.717, 1.165) is 0 Å². The lowest BCUT2D eigenvalue weighted by Crippen LogP contribution is -2.30. The van der Waals surface area contributed by atoms with Gasteiger partial charge in [-0.25, -0.2) is 4.98 Å². The molecule has 1 amide bonds. The number of nitrogens with one attached hydrogen (secondary N) is 1. The molecule has 3 heterocycles. The van der Waals surface area contributed by atoms with E-state index in [4.69, 9.17) is 4.42 Å². The number of fused-ring (bicyclic) bond motifs is 1. The third-order valence-electron chi connectivity index (χ3n) is 4.56. The van der Waals surface area contributed by atoms with E-state index in [1.165, 1.54) is 18.2 Å². The summed E-state index contributed by atoms with van der Waals surface area (Å²) in [4.78, 5) is 45.6. The van der Waals surface area contributed by atoms with Gasteiger partial charge in [-0.1, -0.05) is 0 Å². The second kappa shape index (κ2) is 5.92. The number of aliphatic hydroxyl groups excluding tert-OH is 1. The number of Topliss-reactive ketones (excluding diaryl/α,β-unsaturated/α-hetero) is 2. The van der Waals surface area contributed by atoms with Crippen molar-refractivity contribution in [1.29, 1.82) is 0 Å². The fraction of sp³-hybridized carbons (Fsp3) is 0.222. The Hall–Kier alpha value is -3.26. The number of benzene rings is 1. The first kappa shape index (κ1) is 16.2. The Labute approximate surface area is 147 Å². The Bertz CT molecular complexity index is 1030. The monoisotopic (exact) mass is 353 g/mol. The van der Waals surface area contributed by atoms with Crippen molar-refractivity contribution < 1.29 is 23.9 Å². The molecule has 8 heteroatoms. The average molecular weight is 353 g/mol. The highest BCUT2D eigenvalue weighted by molar-refractivity contribution is 6.48. The number of aromatic nitrogens is 2. The number of H-pyrrole nitrogens is 1. The van der Waals surface area contributed by atoms with Gasteiger partial charge in [0.25, 0.3) is 5.91 Å². The van der Waals surface area contributed by atoms with Gasteiger partial charge in [0, 0.05) is 5.69 Å². The van der Waals surface area contributed by atoms with Crippen LogP contribution in [0.5, 0.6) is 0 Å². The summed E-state index contributed by atoms with van der Waals surface area (Å²) in [6.07, 6.45) is 1.53. The maximum absolute atomic E-state index is 12.7. The van der Waals surface area contributed by atoms with E-state index in [9.17, 15) is 19.5 Å². The molecule has 4 rings (SSSR count). The molecule has 0 saturated carbocycles. The van der Waals surface area contributed by atoms with Crippen molar-refractivity contribution in [2.24, 2.45) is 5.92 Å². The molecule has 1 aliphatic heterocycles. The van der Waals surface area contributed by atoms with Gasteiger partial charge in [-0.3, -0.25) is 19.3 Å². The number of imidazole rings is 1. The SMILES string of the molecule is CC(=O)C1C(=O)C(=O)N(c2ccc3nc[nH]c3c2)C1c1ccc(CO)o1. The molecule has 0 bridgehead atoms. The molecule has 2 aromatic heterocycles. The Balaban J connectivity index is 1.87. The van der Waals surface area contributed by atoms with Gasteiger partial charge in [0.15, 0.2) is 0 Å². The zero-order valence-corrected chi connectivity index (χ0v) is 13.8. The lowest BCUT2D eigenvalue weighted by molar-refractivity contribution is -0.138. The summed E-state index contributed by atoms with van der Waals surface area (Å²) < 4.78 is 5.55. The first-order valence-electron chi connectivity index (χ1n) is 8.01. The van der Waals surface area contributed by atoms with Crippen LogP contribution in [-0.2, 0) is 21.0 Å². The summed E-state index contributed by atoms with van der Waals surface area (Å²) in [6.45, 7) is 0.958. The lowest BCUT2D eigenvalue weighted by Gasteiger charge is -2.24. The molecule has 132 valence electrons. The minimum absolute atomic E-state index is 0.276. The number of aromatic amines is 1. The Morgan fingerprint density at radius 1 is 1.31 bits per heavy atom. The molecule has 26 heavy (non-hydrogen) atoms. The third kappa shape index (κ3) is 2.34. The summed E-state index contributed by atoms with van der Waals surface area (Å²) in [7, 11) is 0. The summed E-state index contributed by atoms with van der Waals surface area (Å²) in [5, 5.41) is 9.23. The van der Waals surface area contributed by atoms with Gasteiger partial charge in [0.05, 0.1) is 17.4 Å². The van der Waals surface area contributed by atoms with Gasteiger partial charge in [-0.15, -0.1) is 0 Å². The van der Waals surface area contributed by atoms with Crippen LogP contribution >= 0.6 is 0 Å². The number of aliphatic hydroxyl groups is 1. The third-order valence-corrected chi connectivity index (χ3v) is 4.56. The summed E-state index contributed by atoms with van der Waals surface area (Å²) in [5.74, 6) is -2.54. The van der Waals surface area contributed by atoms with Crippen LogP contribution in [0, 0.1) is 5.92 Å². The quantitative estimate of drug-likeness (QED) is 0.542. The number of anilines is 1. The molecule has 2 unspecified atom stereocenters. The number of carbonyl (C=O) groups is 3. The van der Waals surface area contributed by atoms with Crippen LogP contribution < -0.4 is 4.90 Å². The van der Waals surface area contributed by atoms with E-state index in [0.29, 0.717) is 16.7 Å². The molecular formula is C18H15N3O5. The summed E-state index contributed by atoms with van der Waals surface area (Å²) in [5.41, 5.74) is 1.87. The highest BCUT2D eigenvalue weighted by atomic mass is 16.4. The molecule has 3 aromatic rings. The molecule has 1 fully saturated rings. The largest absolute Gasteiger partial charge is 0.461 e. The van der Waals surface area contributed by atoms with Crippen molar-refractivity contribution in [3.8, 4) is 0 Å². The van der Waals surface area contributed by atoms with Crippen molar-refractivity contribution in [3.05, 3.63) is 48.2 Å². The van der Waals surface area contributed by atoms with E-state index in [-0.39, 0.29) is 18.1 Å². The molecule has 1 aromatic carbocycles. The second-order valence-corrected chi connectivity index (χ2v) is 6.14. The predicted molar refractivity (Wildman–Crippen MR) is 90.1 cm³/mol. The zero-order chi connectivity index (χ0) is 18.4. The zero-order valence-electron chi connectivity index (χ0n) is 13.8. The first-order valence-corrected chi connectivity index (χ1v) is 8.01. The standard InChI is InChI=1S/C18H15N3O5/c1-9(23)15-16(14-5-3-11(7-22)26-14)21(18(25)17(15)24)10-2-4-12-13(6-10)20-8-19-12/h2-6,8,15-16,22H,7H2,1H3,(H,19,20). The van der Waals surface area contributed by atoms with Crippen molar-refractivity contribution in [1.82, 2.24) is 9.97 Å². The number of hydrogen-bond donors (Lipinski definition) is 2. The number of hydrogen-bond acceptors (Lipinski definition) is 6. The van der Waals surface area contributed by atoms with Gasteiger partial charge in [-0.2, -0.15) is 0 Å². The minimum atomic E-state index is -1.15. The van der Waals surface area contributed by atoms with Crippen LogP contribution in [-0.4, -0.2) is 32.5 Å². The highest BCUT2D eigenvalue weighted by Gasteiger charge is 2.52. The van der Waals surface area contributed by atoms with E-state index in [1.54, 1.807) is 30.3 Å². The molecule has 0 aliphatic carbocycles. The number of rotatable bonds is 4. The second-order valence-electron chi connectivity index (χ2n) is 6.14. The van der Waals surface area contributed by atoms with E-state index in [1.807, 2.05) is 0 Å². The maximum atomic E-state index is 12.7. The number of carbonyl (C=O) groups excluding carboxylic acids is 3. The van der Waals surface area contributed by atoms with Crippen LogP contribution in [0.4, 0.5) is 5.69 Å². The van der Waals surface area contributed by atoms with E-state index in [2.05, 4.69) is 9.97 Å². The first-order chi connectivity index (χ1) is 12.5. The van der Waals surface area contributed by atoms with Gasteiger partial charge in [0.2, 0.25) is 5.78 Å². The average Bonchev–Trinajstić information content (AvgIpc) is 3.33. The Morgan fingerprint density at radius 2 is 2.12 bits per heavy atom. The fourth-order valence-electron chi connectivity index (χ4n) is 3.36. The van der Waals surface area contributed by atoms with Crippen LogP contribution in [0.25, 0.3) is 11.0 Å².